The van der Waals surface area contributed by atoms with Crippen LogP contribution in [0.15, 0.2) is 60.8 Å². The Hall–Kier alpha value is -3.06. The van der Waals surface area contributed by atoms with Gasteiger partial charge >= 0.3 is 0 Å². The lowest BCUT2D eigenvalue weighted by Crippen LogP contribution is -2.31. The number of amides is 1. The van der Waals surface area contributed by atoms with Crippen LogP contribution in [0.25, 0.3) is 11.0 Å². The average Bonchev–Trinajstić information content (AvgIpc) is 3.29. The SMILES string of the molecule is Cn1c(C(NC(=O)c2cnsn2)c2ccccc2)nc2ccccc21. The van der Waals surface area contributed by atoms with E-state index in [1.54, 1.807) is 0 Å². The molecule has 0 aliphatic rings. The second kappa shape index (κ2) is 6.45. The summed E-state index contributed by atoms with van der Waals surface area (Å²) in [7, 11) is 1.96. The van der Waals surface area contributed by atoms with E-state index in [1.807, 2.05) is 66.2 Å². The van der Waals surface area contributed by atoms with Crippen molar-refractivity contribution in [2.24, 2.45) is 7.05 Å². The van der Waals surface area contributed by atoms with Crippen LogP contribution in [0.4, 0.5) is 0 Å². The zero-order chi connectivity index (χ0) is 17.2. The number of hydrogen-bond acceptors (Lipinski definition) is 5. The summed E-state index contributed by atoms with van der Waals surface area (Å²) < 4.78 is 9.92. The van der Waals surface area contributed by atoms with Gasteiger partial charge in [-0.3, -0.25) is 4.79 Å². The summed E-state index contributed by atoms with van der Waals surface area (Å²) in [5, 5.41) is 3.04. The number of carbonyl (C=O) groups excluding carboxylic acids is 1. The number of carbonyl (C=O) groups is 1. The van der Waals surface area contributed by atoms with Crippen molar-refractivity contribution < 1.29 is 4.79 Å². The van der Waals surface area contributed by atoms with E-state index < -0.39 is 0 Å². The van der Waals surface area contributed by atoms with Gasteiger partial charge in [-0.2, -0.15) is 8.75 Å². The smallest absolute Gasteiger partial charge is 0.273 e. The number of fused-ring (bicyclic) bond motifs is 1. The largest absolute Gasteiger partial charge is 0.337 e. The van der Waals surface area contributed by atoms with E-state index in [9.17, 15) is 4.79 Å². The fraction of sp³-hybridized carbons (Fsp3) is 0.111. The van der Waals surface area contributed by atoms with Gasteiger partial charge in [0.05, 0.1) is 29.0 Å². The minimum absolute atomic E-state index is 0.269. The molecule has 0 bridgehead atoms. The van der Waals surface area contributed by atoms with Crippen molar-refractivity contribution in [3.8, 4) is 0 Å². The Morgan fingerprint density at radius 1 is 1.12 bits per heavy atom. The van der Waals surface area contributed by atoms with Gasteiger partial charge in [-0.15, -0.1) is 0 Å². The maximum absolute atomic E-state index is 12.5. The van der Waals surface area contributed by atoms with Gasteiger partial charge in [-0.25, -0.2) is 4.98 Å². The fourth-order valence-electron chi connectivity index (χ4n) is 2.83. The molecule has 1 atom stereocenters. The Bertz CT molecular complexity index is 1010. The van der Waals surface area contributed by atoms with Gasteiger partial charge in [0.25, 0.3) is 5.91 Å². The molecule has 0 aliphatic heterocycles. The first-order valence-electron chi connectivity index (χ1n) is 7.79. The summed E-state index contributed by atoms with van der Waals surface area (Å²) in [4.78, 5) is 17.3. The molecule has 0 saturated carbocycles. The molecule has 0 radical (unpaired) electrons. The Labute approximate surface area is 148 Å². The van der Waals surface area contributed by atoms with Gasteiger partial charge < -0.3 is 9.88 Å². The second-order valence-electron chi connectivity index (χ2n) is 5.63. The number of imidazole rings is 1. The molecule has 6 nitrogen and oxygen atoms in total. The van der Waals surface area contributed by atoms with E-state index in [0.717, 1.165) is 34.1 Å². The van der Waals surface area contributed by atoms with Crippen molar-refractivity contribution in [2.45, 2.75) is 6.04 Å². The van der Waals surface area contributed by atoms with E-state index in [0.29, 0.717) is 5.69 Å². The molecule has 1 N–H and O–H groups in total. The third-order valence-electron chi connectivity index (χ3n) is 4.08. The van der Waals surface area contributed by atoms with Gasteiger partial charge in [-0.1, -0.05) is 42.5 Å². The Balaban J connectivity index is 1.79. The van der Waals surface area contributed by atoms with Gasteiger partial charge in [0, 0.05) is 7.05 Å². The summed E-state index contributed by atoms with van der Waals surface area (Å²) >= 11 is 1.01. The minimum atomic E-state index is -0.382. The quantitative estimate of drug-likeness (QED) is 0.615. The van der Waals surface area contributed by atoms with Crippen molar-refractivity contribution in [3.05, 3.63) is 77.9 Å². The number of nitrogens with zero attached hydrogens (tertiary/aromatic N) is 4. The summed E-state index contributed by atoms with van der Waals surface area (Å²) in [6, 6.07) is 17.3. The van der Waals surface area contributed by atoms with E-state index in [2.05, 4.69) is 14.1 Å². The molecule has 7 heteroatoms. The highest BCUT2D eigenvalue weighted by Gasteiger charge is 2.23. The molecule has 2 heterocycles. The van der Waals surface area contributed by atoms with E-state index in [1.165, 1.54) is 6.20 Å². The lowest BCUT2D eigenvalue weighted by Gasteiger charge is -2.18. The van der Waals surface area contributed by atoms with Gasteiger partial charge in [0.2, 0.25) is 0 Å². The summed E-state index contributed by atoms with van der Waals surface area (Å²) in [6.07, 6.45) is 1.47. The molecule has 2 aromatic carbocycles. The molecule has 0 spiro atoms. The van der Waals surface area contributed by atoms with Crippen LogP contribution in [0.2, 0.25) is 0 Å². The number of aromatic nitrogens is 4. The molecule has 4 rings (SSSR count). The topological polar surface area (TPSA) is 72.7 Å². The monoisotopic (exact) mass is 349 g/mol. The number of nitrogens with one attached hydrogen (secondary N) is 1. The lowest BCUT2D eigenvalue weighted by molar-refractivity contribution is 0.0937. The highest BCUT2D eigenvalue weighted by Crippen LogP contribution is 2.25. The van der Waals surface area contributed by atoms with Crippen molar-refractivity contribution in [3.63, 3.8) is 0 Å². The number of para-hydroxylation sites is 2. The normalized spacial score (nSPS) is 12.2. The van der Waals surface area contributed by atoms with Crippen molar-refractivity contribution >= 4 is 28.7 Å². The van der Waals surface area contributed by atoms with Gasteiger partial charge in [0.1, 0.15) is 11.9 Å². The number of rotatable bonds is 4. The zero-order valence-electron chi connectivity index (χ0n) is 13.5. The van der Waals surface area contributed by atoms with Crippen molar-refractivity contribution in [1.29, 1.82) is 0 Å². The molecular formula is C18H15N5OS. The lowest BCUT2D eigenvalue weighted by atomic mass is 10.1. The van der Waals surface area contributed by atoms with E-state index in [4.69, 9.17) is 4.98 Å². The molecule has 0 saturated heterocycles. The third kappa shape index (κ3) is 2.89. The standard InChI is InChI=1S/C18H15N5OS/c1-23-15-10-6-5-9-13(15)20-17(23)16(12-7-3-2-4-8-12)21-18(24)14-11-19-25-22-14/h2-11,16H,1H3,(H,21,24). The third-order valence-corrected chi connectivity index (χ3v) is 4.56. The van der Waals surface area contributed by atoms with Crippen molar-refractivity contribution in [2.75, 3.05) is 0 Å². The number of aryl methyl sites for hydroxylation is 1. The summed E-state index contributed by atoms with van der Waals surface area (Å²) in [6.45, 7) is 0. The minimum Gasteiger partial charge on any atom is -0.337 e. The van der Waals surface area contributed by atoms with Crippen LogP contribution in [0.5, 0.6) is 0 Å². The molecule has 4 aromatic rings. The van der Waals surface area contributed by atoms with Crippen LogP contribution < -0.4 is 5.32 Å². The van der Waals surface area contributed by atoms with Crippen LogP contribution in [0.1, 0.15) is 27.9 Å². The van der Waals surface area contributed by atoms with Gasteiger partial charge in [0.15, 0.2) is 5.69 Å². The number of benzene rings is 2. The van der Waals surface area contributed by atoms with Crippen LogP contribution in [0, 0.1) is 0 Å². The Kier molecular flexibility index (Phi) is 3.99. The van der Waals surface area contributed by atoms with Crippen LogP contribution >= 0.6 is 11.7 Å². The predicted octanol–water partition coefficient (Wildman–Crippen LogP) is 2.94. The van der Waals surface area contributed by atoms with Gasteiger partial charge in [-0.05, 0) is 17.7 Å². The maximum Gasteiger partial charge on any atom is 0.273 e. The molecule has 0 aliphatic carbocycles. The van der Waals surface area contributed by atoms with E-state index >= 15 is 0 Å². The molecule has 124 valence electrons. The highest BCUT2D eigenvalue weighted by molar-refractivity contribution is 6.99. The summed E-state index contributed by atoms with van der Waals surface area (Å²) in [5.74, 6) is 0.499. The number of hydrogen-bond donors (Lipinski definition) is 1. The molecule has 25 heavy (non-hydrogen) atoms. The average molecular weight is 349 g/mol. The van der Waals surface area contributed by atoms with E-state index in [-0.39, 0.29) is 11.9 Å². The first-order chi connectivity index (χ1) is 12.2. The summed E-state index contributed by atoms with van der Waals surface area (Å²) in [5.41, 5.74) is 3.18. The Morgan fingerprint density at radius 2 is 1.88 bits per heavy atom. The molecule has 1 unspecified atom stereocenters. The second-order valence-corrected chi connectivity index (χ2v) is 6.18. The van der Waals surface area contributed by atoms with Crippen molar-refractivity contribution in [1.82, 2.24) is 23.6 Å². The molecule has 0 fully saturated rings. The fourth-order valence-corrected chi connectivity index (χ4v) is 3.25. The predicted molar refractivity (Wildman–Crippen MR) is 96.4 cm³/mol. The Morgan fingerprint density at radius 3 is 2.60 bits per heavy atom. The first-order valence-corrected chi connectivity index (χ1v) is 8.52. The maximum atomic E-state index is 12.5. The van der Waals surface area contributed by atoms with Crippen LogP contribution in [-0.4, -0.2) is 24.2 Å². The highest BCUT2D eigenvalue weighted by atomic mass is 32.1. The van der Waals surface area contributed by atoms with Crippen LogP contribution in [-0.2, 0) is 7.05 Å². The van der Waals surface area contributed by atoms with Crippen LogP contribution in [0.3, 0.4) is 0 Å². The molecule has 2 aromatic heterocycles. The molecular weight excluding hydrogens is 334 g/mol. The first kappa shape index (κ1) is 15.5. The zero-order valence-corrected chi connectivity index (χ0v) is 14.3. The molecule has 1 amide bonds.